The molecule has 0 bridgehead atoms. The Morgan fingerprint density at radius 2 is 1.39 bits per heavy atom. The van der Waals surface area contributed by atoms with Gasteiger partial charge >= 0.3 is 0 Å². The molecular formula is C18H10O5. The predicted octanol–water partition coefficient (Wildman–Crippen LogP) is 3.14. The summed E-state index contributed by atoms with van der Waals surface area (Å²) in [5.74, 6) is -4.16. The monoisotopic (exact) mass is 306 g/mol. The number of aliphatic hydroxyl groups is 3. The van der Waals surface area contributed by atoms with E-state index in [1.807, 2.05) is 24.3 Å². The van der Waals surface area contributed by atoms with Crippen LogP contribution in [0.2, 0.25) is 0 Å². The first kappa shape index (κ1) is 13.3. The second-order valence-electron chi connectivity index (χ2n) is 5.42. The molecule has 112 valence electrons. The summed E-state index contributed by atoms with van der Waals surface area (Å²) in [4.78, 5) is 24.8. The zero-order valence-corrected chi connectivity index (χ0v) is 11.7. The lowest BCUT2D eigenvalue weighted by Crippen LogP contribution is -2.25. The molecule has 0 saturated heterocycles. The third-order valence-electron chi connectivity index (χ3n) is 4.10. The Morgan fingerprint density at radius 3 is 2.09 bits per heavy atom. The lowest BCUT2D eigenvalue weighted by Gasteiger charge is -2.22. The van der Waals surface area contributed by atoms with Gasteiger partial charge < -0.3 is 15.3 Å². The Morgan fingerprint density at radius 1 is 0.739 bits per heavy atom. The Bertz CT molecular complexity index is 1020. The Labute approximate surface area is 130 Å². The zero-order chi connectivity index (χ0) is 16.3. The number of benzene rings is 2. The number of aliphatic hydroxyl groups excluding tert-OH is 3. The molecule has 2 aliphatic rings. The third-order valence-corrected chi connectivity index (χ3v) is 4.10. The molecule has 0 aromatic heterocycles. The molecule has 3 N–H and O–H groups in total. The van der Waals surface area contributed by atoms with Crippen molar-refractivity contribution >= 4 is 28.4 Å². The van der Waals surface area contributed by atoms with Gasteiger partial charge in [-0.1, -0.05) is 24.3 Å². The van der Waals surface area contributed by atoms with Crippen LogP contribution in [0, 0.1) is 0 Å². The minimum Gasteiger partial charge on any atom is -0.504 e. The van der Waals surface area contributed by atoms with E-state index in [0.717, 1.165) is 10.8 Å². The maximum absolute atomic E-state index is 12.7. The molecule has 0 radical (unpaired) electrons. The van der Waals surface area contributed by atoms with E-state index in [4.69, 9.17) is 0 Å². The molecular weight excluding hydrogens is 296 g/mol. The summed E-state index contributed by atoms with van der Waals surface area (Å²) < 4.78 is 0. The third kappa shape index (κ3) is 1.67. The van der Waals surface area contributed by atoms with E-state index >= 15 is 0 Å². The van der Waals surface area contributed by atoms with Crippen molar-refractivity contribution in [1.82, 2.24) is 0 Å². The highest BCUT2D eigenvalue weighted by molar-refractivity contribution is 6.29. The number of hydrogen-bond acceptors (Lipinski definition) is 5. The first-order valence-corrected chi connectivity index (χ1v) is 6.89. The molecule has 0 heterocycles. The molecule has 0 spiro atoms. The smallest absolute Gasteiger partial charge is 0.232 e. The quantitative estimate of drug-likeness (QED) is 0.695. The molecule has 2 aromatic carbocycles. The minimum atomic E-state index is -0.972. The average molecular weight is 306 g/mol. The molecule has 5 nitrogen and oxygen atoms in total. The van der Waals surface area contributed by atoms with Crippen molar-refractivity contribution in [2.24, 2.45) is 0 Å². The number of ketones is 2. The maximum Gasteiger partial charge on any atom is 0.232 e. The van der Waals surface area contributed by atoms with E-state index in [1.165, 1.54) is 6.08 Å². The fourth-order valence-corrected chi connectivity index (χ4v) is 2.94. The van der Waals surface area contributed by atoms with Crippen LogP contribution in [-0.2, 0) is 4.79 Å². The summed E-state index contributed by atoms with van der Waals surface area (Å²) in [6.07, 6.45) is 1.44. The summed E-state index contributed by atoms with van der Waals surface area (Å²) in [5, 5.41) is 30.9. The van der Waals surface area contributed by atoms with Crippen LogP contribution >= 0.6 is 0 Å². The van der Waals surface area contributed by atoms with Crippen molar-refractivity contribution in [2.75, 3.05) is 0 Å². The van der Waals surface area contributed by atoms with Crippen LogP contribution < -0.4 is 0 Å². The molecule has 2 aliphatic carbocycles. The number of carbonyl (C=O) groups is 2. The fourth-order valence-electron chi connectivity index (χ4n) is 2.94. The number of rotatable bonds is 0. The normalized spacial score (nSPS) is 17.3. The summed E-state index contributed by atoms with van der Waals surface area (Å²) in [6.45, 7) is 0. The highest BCUT2D eigenvalue weighted by Gasteiger charge is 2.39. The van der Waals surface area contributed by atoms with Crippen molar-refractivity contribution in [3.63, 3.8) is 0 Å². The van der Waals surface area contributed by atoms with E-state index < -0.39 is 28.8 Å². The molecule has 0 amide bonds. The van der Waals surface area contributed by atoms with Crippen LogP contribution in [0.4, 0.5) is 0 Å². The first-order valence-electron chi connectivity index (χ1n) is 6.89. The lowest BCUT2D eigenvalue weighted by molar-refractivity contribution is -0.114. The second-order valence-corrected chi connectivity index (χ2v) is 5.42. The van der Waals surface area contributed by atoms with Gasteiger partial charge in [0.1, 0.15) is 0 Å². The van der Waals surface area contributed by atoms with E-state index in [-0.39, 0.29) is 11.1 Å². The number of Topliss-reactive ketones (excluding diaryl/α,β-unsaturated/α-hetero) is 2. The molecule has 0 aliphatic heterocycles. The van der Waals surface area contributed by atoms with Gasteiger partial charge in [-0.2, -0.15) is 0 Å². The zero-order valence-electron chi connectivity index (χ0n) is 11.7. The van der Waals surface area contributed by atoms with E-state index in [9.17, 15) is 24.9 Å². The highest BCUT2D eigenvalue weighted by Crippen LogP contribution is 2.37. The van der Waals surface area contributed by atoms with Crippen LogP contribution in [0.3, 0.4) is 0 Å². The molecule has 0 fully saturated rings. The summed E-state index contributed by atoms with van der Waals surface area (Å²) in [6, 6.07) is 10.9. The van der Waals surface area contributed by atoms with Crippen LogP contribution in [0.1, 0.15) is 15.9 Å². The number of fused-ring (bicyclic) bond motifs is 3. The number of allylic oxidation sites excluding steroid dienone is 2. The number of carbonyl (C=O) groups excluding carboxylic acids is 2. The summed E-state index contributed by atoms with van der Waals surface area (Å²) in [5.41, 5.74) is 0.456. The summed E-state index contributed by atoms with van der Waals surface area (Å²) in [7, 11) is 0. The van der Waals surface area contributed by atoms with Crippen LogP contribution in [-0.4, -0.2) is 26.9 Å². The van der Waals surface area contributed by atoms with Crippen molar-refractivity contribution in [3.8, 4) is 0 Å². The van der Waals surface area contributed by atoms with Gasteiger partial charge in [-0.25, -0.2) is 0 Å². The molecule has 0 saturated carbocycles. The summed E-state index contributed by atoms with van der Waals surface area (Å²) >= 11 is 0. The molecule has 4 rings (SSSR count). The van der Waals surface area contributed by atoms with Gasteiger partial charge in [-0.3, -0.25) is 9.59 Å². The van der Waals surface area contributed by atoms with E-state index in [0.29, 0.717) is 11.1 Å². The van der Waals surface area contributed by atoms with Crippen molar-refractivity contribution in [3.05, 3.63) is 75.9 Å². The molecule has 23 heavy (non-hydrogen) atoms. The topological polar surface area (TPSA) is 94.8 Å². The molecule has 0 unspecified atom stereocenters. The van der Waals surface area contributed by atoms with Gasteiger partial charge in [0.15, 0.2) is 11.5 Å². The van der Waals surface area contributed by atoms with Gasteiger partial charge in [0.25, 0.3) is 0 Å². The van der Waals surface area contributed by atoms with Gasteiger partial charge in [-0.05, 0) is 34.5 Å². The molecule has 2 aromatic rings. The molecule has 5 heteroatoms. The van der Waals surface area contributed by atoms with Gasteiger partial charge in [0.2, 0.25) is 17.3 Å². The van der Waals surface area contributed by atoms with Crippen molar-refractivity contribution in [2.45, 2.75) is 0 Å². The van der Waals surface area contributed by atoms with Crippen LogP contribution in [0.5, 0.6) is 0 Å². The van der Waals surface area contributed by atoms with Crippen LogP contribution in [0.15, 0.2) is 64.8 Å². The predicted molar refractivity (Wildman–Crippen MR) is 83.2 cm³/mol. The SMILES string of the molecule is O=C1C2=Cc3cc4ccccc4cc3C(=O)C2=C(O)C(O)=C1O. The number of hydrogen-bond donors (Lipinski definition) is 3. The van der Waals surface area contributed by atoms with Crippen LogP contribution in [0.25, 0.3) is 16.8 Å². The first-order chi connectivity index (χ1) is 11.0. The van der Waals surface area contributed by atoms with Gasteiger partial charge in [-0.15, -0.1) is 0 Å². The van der Waals surface area contributed by atoms with E-state index in [2.05, 4.69) is 0 Å². The molecule has 0 atom stereocenters. The Balaban J connectivity index is 2.06. The maximum atomic E-state index is 12.7. The second kappa shape index (κ2) is 4.33. The minimum absolute atomic E-state index is 0.120. The standard InChI is InChI=1S/C18H10O5/c19-14-11-6-9-4-2-1-3-8(9)5-10(11)7-12-13(14)16(21)18(23)17(22)15(12)20/h1-7,21-23H. The lowest BCUT2D eigenvalue weighted by atomic mass is 9.80. The Hall–Kier alpha value is -3.34. The van der Waals surface area contributed by atoms with Gasteiger partial charge in [0, 0.05) is 11.1 Å². The highest BCUT2D eigenvalue weighted by atomic mass is 16.3. The Kier molecular flexibility index (Phi) is 2.51. The van der Waals surface area contributed by atoms with Crippen molar-refractivity contribution < 1.29 is 24.9 Å². The van der Waals surface area contributed by atoms with Gasteiger partial charge in [0.05, 0.1) is 5.57 Å². The fraction of sp³-hybridized carbons (Fsp3) is 0. The average Bonchev–Trinajstić information content (AvgIpc) is 2.56. The largest absolute Gasteiger partial charge is 0.504 e. The van der Waals surface area contributed by atoms with Crippen molar-refractivity contribution in [1.29, 1.82) is 0 Å². The van der Waals surface area contributed by atoms with E-state index in [1.54, 1.807) is 12.1 Å².